The maximum Gasteiger partial charge on any atom is 0.325 e. The number of H-pyrrole nitrogens is 2. The molecule has 1 saturated heterocycles. The number of fused-ring (bicyclic) bond motifs is 1. The number of ether oxygens (including phenoxy) is 1. The predicted molar refractivity (Wildman–Crippen MR) is 81.9 cm³/mol. The Balaban J connectivity index is 1.42. The van der Waals surface area contributed by atoms with E-state index in [0.29, 0.717) is 24.2 Å². The van der Waals surface area contributed by atoms with Gasteiger partial charge < -0.3 is 14.6 Å². The van der Waals surface area contributed by atoms with E-state index in [2.05, 4.69) is 9.97 Å². The summed E-state index contributed by atoms with van der Waals surface area (Å²) in [6.45, 7) is 0.559. The lowest BCUT2D eigenvalue weighted by Gasteiger charge is -2.47. The van der Waals surface area contributed by atoms with E-state index in [1.807, 2.05) is 0 Å². The number of amides is 1. The summed E-state index contributed by atoms with van der Waals surface area (Å²) in [7, 11) is 0. The van der Waals surface area contributed by atoms with Gasteiger partial charge in [-0.15, -0.1) is 0 Å². The van der Waals surface area contributed by atoms with Crippen LogP contribution in [0.5, 0.6) is 0 Å². The first-order chi connectivity index (χ1) is 11.0. The monoisotopic (exact) mass is 319 g/mol. The second kappa shape index (κ2) is 5.33. The number of nitrogens with one attached hydrogen (secondary N) is 2. The SMILES string of the molecule is O=C(CC1CCCC2(CCC2)O1)N1Cc2[nH]c(=O)[nH]c(=O)c2C1. The number of nitrogens with zero attached hydrogens (tertiary/aromatic N) is 1. The molecular weight excluding hydrogens is 298 g/mol. The lowest BCUT2D eigenvalue weighted by atomic mass is 9.74. The van der Waals surface area contributed by atoms with E-state index in [9.17, 15) is 14.4 Å². The summed E-state index contributed by atoms with van der Waals surface area (Å²) in [5.74, 6) is -0.0113. The van der Waals surface area contributed by atoms with Crippen LogP contribution in [0.15, 0.2) is 9.59 Å². The first-order valence-electron chi connectivity index (χ1n) is 8.35. The third-order valence-electron chi connectivity index (χ3n) is 5.42. The zero-order valence-electron chi connectivity index (χ0n) is 13.0. The Kier molecular flexibility index (Phi) is 3.41. The summed E-state index contributed by atoms with van der Waals surface area (Å²) in [5.41, 5.74) is 0.150. The Bertz CT molecular complexity index is 746. The van der Waals surface area contributed by atoms with Crippen molar-refractivity contribution in [3.8, 4) is 0 Å². The molecular formula is C16H21N3O4. The van der Waals surface area contributed by atoms with Crippen molar-refractivity contribution in [1.29, 1.82) is 0 Å². The molecule has 3 heterocycles. The van der Waals surface area contributed by atoms with Crippen LogP contribution in [0.3, 0.4) is 0 Å². The van der Waals surface area contributed by atoms with Crippen LogP contribution >= 0.6 is 0 Å². The van der Waals surface area contributed by atoms with Crippen LogP contribution in [0.25, 0.3) is 0 Å². The standard InChI is InChI=1S/C16H21N3O4/c20-13(7-10-3-1-4-16(23-10)5-2-6-16)19-8-11-12(9-19)17-15(22)18-14(11)21/h10H,1-9H2,(H2,17,18,21,22). The summed E-state index contributed by atoms with van der Waals surface area (Å²) in [4.78, 5) is 42.1. The summed E-state index contributed by atoms with van der Waals surface area (Å²) in [6.07, 6.45) is 6.95. The van der Waals surface area contributed by atoms with Gasteiger partial charge in [0.05, 0.1) is 36.8 Å². The fourth-order valence-corrected chi connectivity index (χ4v) is 4.01. The number of carbonyl (C=O) groups excluding carboxylic acids is 1. The molecule has 3 aliphatic rings. The number of hydrogen-bond donors (Lipinski definition) is 2. The van der Waals surface area contributed by atoms with Gasteiger partial charge in [0.1, 0.15) is 0 Å². The van der Waals surface area contributed by atoms with Gasteiger partial charge in [-0.25, -0.2) is 4.79 Å². The van der Waals surface area contributed by atoms with Gasteiger partial charge in [-0.05, 0) is 38.5 Å². The molecule has 7 nitrogen and oxygen atoms in total. The highest BCUT2D eigenvalue weighted by molar-refractivity contribution is 5.77. The molecule has 2 N–H and O–H groups in total. The molecule has 0 radical (unpaired) electrons. The maximum atomic E-state index is 12.5. The average molecular weight is 319 g/mol. The molecule has 1 aromatic heterocycles. The lowest BCUT2D eigenvalue weighted by molar-refractivity contribution is -0.175. The fraction of sp³-hybridized carbons (Fsp3) is 0.688. The van der Waals surface area contributed by atoms with E-state index in [-0.39, 0.29) is 24.2 Å². The van der Waals surface area contributed by atoms with Crippen LogP contribution in [-0.2, 0) is 22.6 Å². The third-order valence-corrected chi connectivity index (χ3v) is 5.42. The first-order valence-corrected chi connectivity index (χ1v) is 8.35. The number of rotatable bonds is 2. The summed E-state index contributed by atoms with van der Waals surface area (Å²) in [5, 5.41) is 0. The fourth-order valence-electron chi connectivity index (χ4n) is 4.01. The minimum Gasteiger partial charge on any atom is -0.371 e. The molecule has 1 spiro atoms. The van der Waals surface area contributed by atoms with E-state index >= 15 is 0 Å². The minimum atomic E-state index is -0.523. The Hall–Kier alpha value is -1.89. The van der Waals surface area contributed by atoms with E-state index in [0.717, 1.165) is 32.1 Å². The van der Waals surface area contributed by atoms with Gasteiger partial charge in [-0.3, -0.25) is 14.6 Å². The molecule has 124 valence electrons. The zero-order valence-corrected chi connectivity index (χ0v) is 13.0. The van der Waals surface area contributed by atoms with Crippen molar-refractivity contribution in [3.05, 3.63) is 32.1 Å². The Morgan fingerprint density at radius 2 is 1.96 bits per heavy atom. The molecule has 1 aromatic rings. The van der Waals surface area contributed by atoms with Crippen LogP contribution in [0.2, 0.25) is 0 Å². The summed E-state index contributed by atoms with van der Waals surface area (Å²) >= 11 is 0. The highest BCUT2D eigenvalue weighted by atomic mass is 16.5. The Morgan fingerprint density at radius 3 is 2.70 bits per heavy atom. The van der Waals surface area contributed by atoms with Gasteiger partial charge >= 0.3 is 5.69 Å². The van der Waals surface area contributed by atoms with Crippen molar-refractivity contribution in [2.45, 2.75) is 69.7 Å². The van der Waals surface area contributed by atoms with Crippen molar-refractivity contribution < 1.29 is 9.53 Å². The molecule has 7 heteroatoms. The van der Waals surface area contributed by atoms with Crippen LogP contribution in [0.4, 0.5) is 0 Å². The molecule has 1 unspecified atom stereocenters. The van der Waals surface area contributed by atoms with Crippen molar-refractivity contribution in [2.24, 2.45) is 0 Å². The highest BCUT2D eigenvalue weighted by Crippen LogP contribution is 2.44. The molecule has 0 aromatic carbocycles. The predicted octanol–water partition coefficient (Wildman–Crippen LogP) is 0.787. The lowest BCUT2D eigenvalue weighted by Crippen LogP contribution is -2.47. The molecule has 23 heavy (non-hydrogen) atoms. The third kappa shape index (κ3) is 2.63. The molecule has 2 fully saturated rings. The van der Waals surface area contributed by atoms with Gasteiger partial charge in [0.25, 0.3) is 5.56 Å². The van der Waals surface area contributed by atoms with Crippen molar-refractivity contribution >= 4 is 5.91 Å². The van der Waals surface area contributed by atoms with E-state index in [1.165, 1.54) is 6.42 Å². The van der Waals surface area contributed by atoms with Crippen LogP contribution < -0.4 is 11.2 Å². The summed E-state index contributed by atoms with van der Waals surface area (Å²) < 4.78 is 6.19. The number of aromatic nitrogens is 2. The number of aromatic amines is 2. The molecule has 1 saturated carbocycles. The van der Waals surface area contributed by atoms with Gasteiger partial charge in [0, 0.05) is 5.69 Å². The van der Waals surface area contributed by atoms with Crippen LogP contribution in [-0.4, -0.2) is 32.5 Å². The second-order valence-corrected chi connectivity index (χ2v) is 6.99. The second-order valence-electron chi connectivity index (χ2n) is 6.99. The number of carbonyl (C=O) groups is 1. The molecule has 1 amide bonds. The molecule has 0 bridgehead atoms. The van der Waals surface area contributed by atoms with Crippen molar-refractivity contribution in [1.82, 2.24) is 14.9 Å². The Labute approximate surface area is 133 Å². The first kappa shape index (κ1) is 14.7. The number of hydrogen-bond acceptors (Lipinski definition) is 4. The van der Waals surface area contributed by atoms with Gasteiger partial charge in [0.15, 0.2) is 0 Å². The van der Waals surface area contributed by atoms with Gasteiger partial charge in [0.2, 0.25) is 5.91 Å². The van der Waals surface area contributed by atoms with E-state index < -0.39 is 11.2 Å². The average Bonchev–Trinajstić information content (AvgIpc) is 2.90. The van der Waals surface area contributed by atoms with Crippen molar-refractivity contribution in [3.63, 3.8) is 0 Å². The van der Waals surface area contributed by atoms with Gasteiger partial charge in [-0.2, -0.15) is 0 Å². The largest absolute Gasteiger partial charge is 0.371 e. The van der Waals surface area contributed by atoms with Gasteiger partial charge in [-0.1, -0.05) is 0 Å². The quantitative estimate of drug-likeness (QED) is 0.842. The zero-order chi connectivity index (χ0) is 16.0. The Morgan fingerprint density at radius 1 is 1.17 bits per heavy atom. The molecule has 1 atom stereocenters. The highest BCUT2D eigenvalue weighted by Gasteiger charge is 2.43. The normalized spacial score (nSPS) is 25.2. The van der Waals surface area contributed by atoms with Crippen LogP contribution in [0, 0.1) is 0 Å². The summed E-state index contributed by atoms with van der Waals surface area (Å²) in [6, 6.07) is 0. The van der Waals surface area contributed by atoms with Crippen molar-refractivity contribution in [2.75, 3.05) is 0 Å². The van der Waals surface area contributed by atoms with E-state index in [4.69, 9.17) is 4.74 Å². The molecule has 2 aliphatic heterocycles. The maximum absolute atomic E-state index is 12.5. The van der Waals surface area contributed by atoms with Crippen LogP contribution in [0.1, 0.15) is 56.2 Å². The topological polar surface area (TPSA) is 95.3 Å². The molecule has 1 aliphatic carbocycles. The minimum absolute atomic E-state index is 0.0113. The smallest absolute Gasteiger partial charge is 0.325 e. The molecule has 4 rings (SSSR count). The van der Waals surface area contributed by atoms with E-state index in [1.54, 1.807) is 4.90 Å².